The monoisotopic (exact) mass is 339 g/mol. The molecule has 7 heteroatoms. The topological polar surface area (TPSA) is 54.5 Å². The quantitative estimate of drug-likeness (QED) is 0.879. The van der Waals surface area contributed by atoms with Crippen LogP contribution >= 0.6 is 22.9 Å². The standard InChI is InChI=1S/C15H18ClN3O2S/c1-19(2)15-18-10(9-22-15)8-17-14(20)7-11-12(16)5-4-6-13(11)21-3/h4-6,9H,7-8H2,1-3H3,(H,17,20). The number of aromatic nitrogens is 1. The Bertz CT molecular complexity index is 658. The Kier molecular flexibility index (Phi) is 5.63. The van der Waals surface area contributed by atoms with E-state index in [9.17, 15) is 4.79 Å². The molecule has 0 aliphatic heterocycles. The highest BCUT2D eigenvalue weighted by Gasteiger charge is 2.13. The Morgan fingerprint density at radius 1 is 1.45 bits per heavy atom. The minimum Gasteiger partial charge on any atom is -0.496 e. The van der Waals surface area contributed by atoms with E-state index < -0.39 is 0 Å². The van der Waals surface area contributed by atoms with E-state index >= 15 is 0 Å². The summed E-state index contributed by atoms with van der Waals surface area (Å²) < 4.78 is 5.24. The summed E-state index contributed by atoms with van der Waals surface area (Å²) in [6.07, 6.45) is 0.174. The van der Waals surface area contributed by atoms with Crippen molar-refractivity contribution in [1.29, 1.82) is 0 Å². The normalized spacial score (nSPS) is 10.4. The molecular formula is C15H18ClN3O2S. The van der Waals surface area contributed by atoms with Gasteiger partial charge in [0.15, 0.2) is 5.13 Å². The van der Waals surface area contributed by atoms with Gasteiger partial charge in [0, 0.05) is 30.1 Å². The first-order chi connectivity index (χ1) is 10.5. The molecule has 118 valence electrons. The van der Waals surface area contributed by atoms with Crippen molar-refractivity contribution in [2.45, 2.75) is 13.0 Å². The van der Waals surface area contributed by atoms with Crippen LogP contribution in [-0.2, 0) is 17.8 Å². The zero-order valence-electron chi connectivity index (χ0n) is 12.7. The maximum absolute atomic E-state index is 12.1. The summed E-state index contributed by atoms with van der Waals surface area (Å²) in [7, 11) is 5.43. The number of amides is 1. The van der Waals surface area contributed by atoms with Crippen molar-refractivity contribution in [2.75, 3.05) is 26.1 Å². The number of benzene rings is 1. The minimum absolute atomic E-state index is 0.120. The Morgan fingerprint density at radius 2 is 2.23 bits per heavy atom. The molecule has 0 saturated carbocycles. The van der Waals surface area contributed by atoms with Gasteiger partial charge in [0.1, 0.15) is 5.75 Å². The number of nitrogens with one attached hydrogen (secondary N) is 1. The first-order valence-corrected chi connectivity index (χ1v) is 7.97. The van der Waals surface area contributed by atoms with Crippen molar-refractivity contribution < 1.29 is 9.53 Å². The third-order valence-corrected chi connectivity index (χ3v) is 4.43. The number of nitrogens with zero attached hydrogens (tertiary/aromatic N) is 2. The number of hydrogen-bond acceptors (Lipinski definition) is 5. The molecule has 0 aliphatic carbocycles. The molecule has 0 unspecified atom stereocenters. The average molecular weight is 340 g/mol. The highest BCUT2D eigenvalue weighted by molar-refractivity contribution is 7.13. The highest BCUT2D eigenvalue weighted by Crippen LogP contribution is 2.26. The smallest absolute Gasteiger partial charge is 0.224 e. The van der Waals surface area contributed by atoms with E-state index in [0.717, 1.165) is 10.8 Å². The third kappa shape index (κ3) is 4.11. The zero-order chi connectivity index (χ0) is 16.1. The van der Waals surface area contributed by atoms with Gasteiger partial charge in [-0.1, -0.05) is 17.7 Å². The van der Waals surface area contributed by atoms with Crippen LogP contribution in [0.4, 0.5) is 5.13 Å². The minimum atomic E-state index is -0.120. The van der Waals surface area contributed by atoms with Gasteiger partial charge < -0.3 is 15.0 Å². The Balaban J connectivity index is 1.96. The van der Waals surface area contributed by atoms with Crippen LogP contribution in [0.25, 0.3) is 0 Å². The summed E-state index contributed by atoms with van der Waals surface area (Å²) >= 11 is 7.68. The molecule has 5 nitrogen and oxygen atoms in total. The molecule has 0 bridgehead atoms. The van der Waals surface area contributed by atoms with Gasteiger partial charge in [-0.2, -0.15) is 0 Å². The maximum atomic E-state index is 12.1. The molecule has 1 aromatic carbocycles. The first-order valence-electron chi connectivity index (χ1n) is 6.71. The first kappa shape index (κ1) is 16.6. The number of anilines is 1. The van der Waals surface area contributed by atoms with Gasteiger partial charge in [-0.3, -0.25) is 4.79 Å². The van der Waals surface area contributed by atoms with Gasteiger partial charge in [0.05, 0.1) is 25.8 Å². The summed E-state index contributed by atoms with van der Waals surface area (Å²) in [5, 5.41) is 6.23. The van der Waals surface area contributed by atoms with Crippen molar-refractivity contribution in [3.8, 4) is 5.75 Å². The number of rotatable bonds is 6. The molecule has 1 N–H and O–H groups in total. The van der Waals surface area contributed by atoms with Crippen LogP contribution in [0.5, 0.6) is 5.75 Å². The predicted octanol–water partition coefficient (Wildman–Crippen LogP) is 2.73. The third-order valence-electron chi connectivity index (χ3n) is 3.02. The van der Waals surface area contributed by atoms with Gasteiger partial charge in [-0.25, -0.2) is 4.98 Å². The molecule has 1 amide bonds. The largest absolute Gasteiger partial charge is 0.496 e. The molecule has 0 fully saturated rings. The van der Waals surface area contributed by atoms with Gasteiger partial charge in [-0.15, -0.1) is 11.3 Å². The van der Waals surface area contributed by atoms with Crippen LogP contribution in [0.1, 0.15) is 11.3 Å². The molecule has 2 rings (SSSR count). The van der Waals surface area contributed by atoms with Crippen LogP contribution < -0.4 is 15.0 Å². The lowest BCUT2D eigenvalue weighted by Crippen LogP contribution is -2.25. The molecule has 22 heavy (non-hydrogen) atoms. The van der Waals surface area contributed by atoms with E-state index in [1.807, 2.05) is 24.4 Å². The molecule has 1 heterocycles. The van der Waals surface area contributed by atoms with Gasteiger partial charge in [0.2, 0.25) is 5.91 Å². The number of carbonyl (C=O) groups is 1. The van der Waals surface area contributed by atoms with Crippen molar-refractivity contribution in [3.05, 3.63) is 39.9 Å². The fourth-order valence-electron chi connectivity index (χ4n) is 1.90. The predicted molar refractivity (Wildman–Crippen MR) is 90.0 cm³/mol. The zero-order valence-corrected chi connectivity index (χ0v) is 14.3. The number of thiazole rings is 1. The van der Waals surface area contributed by atoms with Crippen molar-refractivity contribution in [3.63, 3.8) is 0 Å². The second-order valence-electron chi connectivity index (χ2n) is 4.89. The summed E-state index contributed by atoms with van der Waals surface area (Å²) in [6.45, 7) is 0.399. The molecule has 0 radical (unpaired) electrons. The molecule has 0 atom stereocenters. The lowest BCUT2D eigenvalue weighted by molar-refractivity contribution is -0.120. The second-order valence-corrected chi connectivity index (χ2v) is 6.13. The SMILES string of the molecule is COc1cccc(Cl)c1CC(=O)NCc1csc(N(C)C)n1. The van der Waals surface area contributed by atoms with E-state index in [2.05, 4.69) is 10.3 Å². The summed E-state index contributed by atoms with van der Waals surface area (Å²) in [5.41, 5.74) is 1.53. The molecule has 0 spiro atoms. The molecular weight excluding hydrogens is 322 g/mol. The van der Waals surface area contributed by atoms with Gasteiger partial charge >= 0.3 is 0 Å². The van der Waals surface area contributed by atoms with Crippen LogP contribution in [0, 0.1) is 0 Å². The lowest BCUT2D eigenvalue weighted by atomic mass is 10.1. The Labute approximate surface area is 138 Å². The van der Waals surface area contributed by atoms with E-state index in [1.165, 1.54) is 0 Å². The fourth-order valence-corrected chi connectivity index (χ4v) is 2.89. The summed E-state index contributed by atoms with van der Waals surface area (Å²) in [5.74, 6) is 0.497. The highest BCUT2D eigenvalue weighted by atomic mass is 35.5. The van der Waals surface area contributed by atoms with Crippen LogP contribution in [0.15, 0.2) is 23.6 Å². The van der Waals surface area contributed by atoms with Crippen LogP contribution in [-0.4, -0.2) is 32.1 Å². The van der Waals surface area contributed by atoms with Crippen LogP contribution in [0.3, 0.4) is 0 Å². The van der Waals surface area contributed by atoms with Crippen LogP contribution in [0.2, 0.25) is 5.02 Å². The molecule has 0 aliphatic rings. The molecule has 0 saturated heterocycles. The van der Waals surface area contributed by atoms with E-state index in [1.54, 1.807) is 36.6 Å². The number of hydrogen-bond donors (Lipinski definition) is 1. The van der Waals surface area contributed by atoms with Crippen molar-refractivity contribution in [1.82, 2.24) is 10.3 Å². The number of carbonyl (C=O) groups excluding carboxylic acids is 1. The van der Waals surface area contributed by atoms with E-state index in [4.69, 9.17) is 16.3 Å². The van der Waals surface area contributed by atoms with Crippen molar-refractivity contribution in [2.24, 2.45) is 0 Å². The van der Waals surface area contributed by atoms with Gasteiger partial charge in [-0.05, 0) is 12.1 Å². The molecule has 2 aromatic rings. The second kappa shape index (κ2) is 7.47. The Hall–Kier alpha value is -1.79. The maximum Gasteiger partial charge on any atom is 0.224 e. The summed E-state index contributed by atoms with van der Waals surface area (Å²) in [4.78, 5) is 18.4. The lowest BCUT2D eigenvalue weighted by Gasteiger charge is -2.10. The fraction of sp³-hybridized carbons (Fsp3) is 0.333. The number of ether oxygens (including phenoxy) is 1. The number of methoxy groups -OCH3 is 1. The Morgan fingerprint density at radius 3 is 2.86 bits per heavy atom. The van der Waals surface area contributed by atoms with Gasteiger partial charge in [0.25, 0.3) is 0 Å². The number of halogens is 1. The molecule has 1 aromatic heterocycles. The summed E-state index contributed by atoms with van der Waals surface area (Å²) in [6, 6.07) is 5.33. The average Bonchev–Trinajstić information content (AvgIpc) is 2.96. The van der Waals surface area contributed by atoms with Crippen molar-refractivity contribution >= 4 is 34.0 Å². The van der Waals surface area contributed by atoms with E-state index in [-0.39, 0.29) is 12.3 Å². The van der Waals surface area contributed by atoms with E-state index in [0.29, 0.717) is 22.9 Å².